The molecule has 0 saturated heterocycles. The molecule has 2 N–H and O–H groups in total. The zero-order valence-corrected chi connectivity index (χ0v) is 11.0. The first-order valence-corrected chi connectivity index (χ1v) is 5.79. The molecular formula is C13H17N3S. The molecule has 3 nitrogen and oxygen atoms in total. The van der Waals surface area contributed by atoms with E-state index in [1.165, 1.54) is 11.1 Å². The Labute approximate surface area is 108 Å². The van der Waals surface area contributed by atoms with Crippen LogP contribution in [0.2, 0.25) is 0 Å². The molecule has 0 radical (unpaired) electrons. The van der Waals surface area contributed by atoms with E-state index >= 15 is 0 Å². The van der Waals surface area contributed by atoms with Crippen LogP contribution in [0.3, 0.4) is 0 Å². The summed E-state index contributed by atoms with van der Waals surface area (Å²) in [4.78, 5) is 0. The van der Waals surface area contributed by atoms with Gasteiger partial charge in [-0.05, 0) is 37.2 Å². The van der Waals surface area contributed by atoms with Crippen molar-refractivity contribution >= 4 is 23.5 Å². The average Bonchev–Trinajstić information content (AvgIpc) is 2.31. The zero-order valence-electron chi connectivity index (χ0n) is 10.2. The summed E-state index contributed by atoms with van der Waals surface area (Å²) in [6.45, 7) is 8.33. The monoisotopic (exact) mass is 247 g/mol. The molecule has 0 aliphatic carbocycles. The molecule has 0 spiro atoms. The lowest BCUT2D eigenvalue weighted by atomic mass is 10.1. The number of nitrogens with zero attached hydrogens (tertiary/aromatic N) is 1. The molecule has 1 rings (SSSR count). The molecule has 1 aromatic rings. The van der Waals surface area contributed by atoms with E-state index in [4.69, 9.17) is 12.2 Å². The second-order valence-electron chi connectivity index (χ2n) is 3.73. The van der Waals surface area contributed by atoms with Crippen LogP contribution in [-0.2, 0) is 0 Å². The molecule has 0 fully saturated rings. The molecular weight excluding hydrogens is 230 g/mol. The Morgan fingerprint density at radius 3 is 2.94 bits per heavy atom. The minimum Gasteiger partial charge on any atom is -0.358 e. The van der Waals surface area contributed by atoms with E-state index in [2.05, 4.69) is 54.5 Å². The summed E-state index contributed by atoms with van der Waals surface area (Å²) < 4.78 is 0. The molecule has 1 aromatic carbocycles. The van der Waals surface area contributed by atoms with Crippen LogP contribution in [0.1, 0.15) is 16.7 Å². The van der Waals surface area contributed by atoms with Gasteiger partial charge in [0.1, 0.15) is 0 Å². The maximum absolute atomic E-state index is 5.01. The van der Waals surface area contributed by atoms with Gasteiger partial charge in [-0.1, -0.05) is 29.8 Å². The van der Waals surface area contributed by atoms with Gasteiger partial charge in [-0.25, -0.2) is 0 Å². The Morgan fingerprint density at radius 2 is 2.24 bits per heavy atom. The lowest BCUT2D eigenvalue weighted by Gasteiger charge is -2.04. The predicted molar refractivity (Wildman–Crippen MR) is 77.4 cm³/mol. The maximum Gasteiger partial charge on any atom is 0.187 e. The highest BCUT2D eigenvalue weighted by Crippen LogP contribution is 2.07. The third kappa shape index (κ3) is 4.78. The van der Waals surface area contributed by atoms with Crippen LogP contribution in [0.15, 0.2) is 36.0 Å². The lowest BCUT2D eigenvalue weighted by molar-refractivity contribution is 0.941. The quantitative estimate of drug-likeness (QED) is 0.371. The van der Waals surface area contributed by atoms with Gasteiger partial charge in [0.25, 0.3) is 0 Å². The van der Waals surface area contributed by atoms with Crippen LogP contribution in [0.25, 0.3) is 0 Å². The van der Waals surface area contributed by atoms with E-state index < -0.39 is 0 Å². The second-order valence-corrected chi connectivity index (χ2v) is 4.14. The van der Waals surface area contributed by atoms with Crippen LogP contribution in [0, 0.1) is 13.8 Å². The summed E-state index contributed by atoms with van der Waals surface area (Å²) in [6, 6.07) is 6.24. The molecule has 4 heteroatoms. The van der Waals surface area contributed by atoms with E-state index in [-0.39, 0.29) is 0 Å². The van der Waals surface area contributed by atoms with E-state index in [1.807, 2.05) is 0 Å². The molecule has 0 unspecified atom stereocenters. The molecule has 0 bridgehead atoms. The first-order valence-electron chi connectivity index (χ1n) is 5.38. The maximum atomic E-state index is 5.01. The Balaban J connectivity index is 2.56. The highest BCUT2D eigenvalue weighted by atomic mass is 32.1. The number of hydrazone groups is 1. The summed E-state index contributed by atoms with van der Waals surface area (Å²) in [5.74, 6) is 0. The predicted octanol–water partition coefficient (Wildman–Crippen LogP) is 2.29. The van der Waals surface area contributed by atoms with Crippen LogP contribution < -0.4 is 10.7 Å². The van der Waals surface area contributed by atoms with Gasteiger partial charge in [-0.3, -0.25) is 5.43 Å². The standard InChI is InChI=1S/C13H17N3S/c1-4-7-14-13(17)16-15-9-12-8-10(2)5-6-11(12)3/h4-6,8-9H,1,7H2,2-3H3,(H2,14,16,17). The topological polar surface area (TPSA) is 36.4 Å². The van der Waals surface area contributed by atoms with Crippen molar-refractivity contribution in [2.24, 2.45) is 5.10 Å². The fourth-order valence-electron chi connectivity index (χ4n) is 1.26. The number of nitrogens with one attached hydrogen (secondary N) is 2. The molecule has 0 aromatic heterocycles. The van der Waals surface area contributed by atoms with E-state index in [0.29, 0.717) is 11.7 Å². The fourth-order valence-corrected chi connectivity index (χ4v) is 1.40. The Hall–Kier alpha value is -1.68. The van der Waals surface area contributed by atoms with Gasteiger partial charge in [0, 0.05) is 6.54 Å². The Morgan fingerprint density at radius 1 is 1.47 bits per heavy atom. The van der Waals surface area contributed by atoms with Crippen molar-refractivity contribution < 1.29 is 0 Å². The number of hydrogen-bond acceptors (Lipinski definition) is 2. The third-order valence-corrected chi connectivity index (χ3v) is 2.45. The van der Waals surface area contributed by atoms with E-state index in [1.54, 1.807) is 12.3 Å². The highest BCUT2D eigenvalue weighted by molar-refractivity contribution is 7.80. The number of thiocarbonyl (C=S) groups is 1. The minimum atomic E-state index is 0.492. The zero-order chi connectivity index (χ0) is 12.7. The smallest absolute Gasteiger partial charge is 0.187 e. The SMILES string of the molecule is C=CCNC(=S)NN=Cc1cc(C)ccc1C. The molecule has 0 heterocycles. The summed E-state index contributed by atoms with van der Waals surface area (Å²) in [7, 11) is 0. The lowest BCUT2D eigenvalue weighted by Crippen LogP contribution is -2.31. The Kier molecular flexibility index (Phi) is 5.36. The van der Waals surface area contributed by atoms with Crippen molar-refractivity contribution in [1.82, 2.24) is 10.7 Å². The molecule has 0 aliphatic heterocycles. The number of rotatable bonds is 4. The number of hydrogen-bond donors (Lipinski definition) is 2. The van der Waals surface area contributed by atoms with Crippen molar-refractivity contribution in [3.8, 4) is 0 Å². The highest BCUT2D eigenvalue weighted by Gasteiger charge is 1.95. The van der Waals surface area contributed by atoms with E-state index in [0.717, 1.165) is 5.56 Å². The average molecular weight is 247 g/mol. The summed E-state index contributed by atoms with van der Waals surface area (Å²) in [5.41, 5.74) is 6.24. The van der Waals surface area contributed by atoms with Crippen molar-refractivity contribution in [1.29, 1.82) is 0 Å². The van der Waals surface area contributed by atoms with Crippen LogP contribution >= 0.6 is 12.2 Å². The van der Waals surface area contributed by atoms with Crippen molar-refractivity contribution in [2.45, 2.75) is 13.8 Å². The molecule has 0 atom stereocenters. The van der Waals surface area contributed by atoms with Gasteiger partial charge >= 0.3 is 0 Å². The largest absolute Gasteiger partial charge is 0.358 e. The molecule has 17 heavy (non-hydrogen) atoms. The first-order chi connectivity index (χ1) is 8.13. The van der Waals surface area contributed by atoms with Crippen molar-refractivity contribution in [3.05, 3.63) is 47.5 Å². The Bertz CT molecular complexity index is 438. The van der Waals surface area contributed by atoms with Gasteiger partial charge < -0.3 is 5.32 Å². The molecule has 0 aliphatic rings. The summed E-state index contributed by atoms with van der Waals surface area (Å²) in [5, 5.41) is 7.51. The van der Waals surface area contributed by atoms with Crippen LogP contribution in [-0.4, -0.2) is 17.9 Å². The molecule has 0 saturated carbocycles. The van der Waals surface area contributed by atoms with Gasteiger partial charge in [0.2, 0.25) is 0 Å². The number of aryl methyl sites for hydroxylation is 2. The van der Waals surface area contributed by atoms with Crippen LogP contribution in [0.5, 0.6) is 0 Å². The normalized spacial score (nSPS) is 10.2. The first kappa shape index (κ1) is 13.4. The van der Waals surface area contributed by atoms with Gasteiger partial charge in [-0.2, -0.15) is 5.10 Å². The summed E-state index contributed by atoms with van der Waals surface area (Å²) >= 11 is 5.01. The third-order valence-electron chi connectivity index (χ3n) is 2.21. The fraction of sp³-hybridized carbons (Fsp3) is 0.231. The van der Waals surface area contributed by atoms with Crippen molar-refractivity contribution in [3.63, 3.8) is 0 Å². The molecule has 90 valence electrons. The van der Waals surface area contributed by atoms with Gasteiger partial charge in [-0.15, -0.1) is 6.58 Å². The second kappa shape index (κ2) is 6.81. The molecule has 0 amide bonds. The number of benzene rings is 1. The minimum absolute atomic E-state index is 0.492. The van der Waals surface area contributed by atoms with Gasteiger partial charge in [0.15, 0.2) is 5.11 Å². The summed E-state index contributed by atoms with van der Waals surface area (Å²) in [6.07, 6.45) is 3.51. The van der Waals surface area contributed by atoms with Crippen LogP contribution in [0.4, 0.5) is 0 Å². The van der Waals surface area contributed by atoms with Crippen molar-refractivity contribution in [2.75, 3.05) is 6.54 Å². The van der Waals surface area contributed by atoms with Gasteiger partial charge in [0.05, 0.1) is 6.21 Å². The van der Waals surface area contributed by atoms with E-state index in [9.17, 15) is 0 Å².